The molecule has 7 heteroatoms. The summed E-state index contributed by atoms with van der Waals surface area (Å²) < 4.78 is 0. The summed E-state index contributed by atoms with van der Waals surface area (Å²) in [6.07, 6.45) is 0. The molecule has 0 amide bonds. The Morgan fingerprint density at radius 1 is 1.58 bits per heavy atom. The highest BCUT2D eigenvalue weighted by Gasteiger charge is 2.09. The zero-order valence-electron chi connectivity index (χ0n) is 9.55. The van der Waals surface area contributed by atoms with Crippen LogP contribution >= 0.6 is 22.9 Å². The third-order valence-electron chi connectivity index (χ3n) is 2.30. The molecule has 0 unspecified atom stereocenters. The van der Waals surface area contributed by atoms with Gasteiger partial charge in [0.05, 0.1) is 28.9 Å². The molecule has 0 saturated carbocycles. The van der Waals surface area contributed by atoms with Gasteiger partial charge in [0.2, 0.25) is 0 Å². The average molecular weight is 294 g/mol. The first kappa shape index (κ1) is 13.3. The molecule has 0 saturated heterocycles. The highest BCUT2D eigenvalue weighted by atomic mass is 35.5. The van der Waals surface area contributed by atoms with Gasteiger partial charge in [-0.2, -0.15) is 5.26 Å². The van der Waals surface area contributed by atoms with Crippen molar-refractivity contribution in [1.29, 1.82) is 5.26 Å². The molecule has 1 heterocycles. The van der Waals surface area contributed by atoms with Gasteiger partial charge in [0.15, 0.2) is 5.69 Å². The molecule has 96 valence electrons. The molecule has 0 fully saturated rings. The minimum atomic E-state index is -1.04. The number of halogens is 1. The lowest BCUT2D eigenvalue weighted by molar-refractivity contribution is 0.0691. The molecule has 0 atom stereocenters. The summed E-state index contributed by atoms with van der Waals surface area (Å²) >= 11 is 7.27. The molecule has 2 N–H and O–H groups in total. The summed E-state index contributed by atoms with van der Waals surface area (Å²) in [6.45, 7) is 0.379. The van der Waals surface area contributed by atoms with Crippen LogP contribution in [0.2, 0.25) is 5.02 Å². The largest absolute Gasteiger partial charge is 0.476 e. The minimum Gasteiger partial charge on any atom is -0.476 e. The fourth-order valence-corrected chi connectivity index (χ4v) is 2.34. The molecule has 0 aliphatic carbocycles. The Balaban J connectivity index is 2.06. The monoisotopic (exact) mass is 293 g/mol. The molecular formula is C12H8ClN3O2S. The van der Waals surface area contributed by atoms with Crippen LogP contribution in [-0.2, 0) is 6.54 Å². The Labute approximate surface area is 118 Å². The first-order valence-electron chi connectivity index (χ1n) is 5.21. The summed E-state index contributed by atoms with van der Waals surface area (Å²) in [6, 6.07) is 6.91. The van der Waals surface area contributed by atoms with Gasteiger partial charge in [0.1, 0.15) is 5.01 Å². The van der Waals surface area contributed by atoms with Gasteiger partial charge in [-0.15, -0.1) is 11.3 Å². The molecule has 0 aliphatic heterocycles. The SMILES string of the molecule is N#Cc1ccc(NCc2nc(C(=O)O)cs2)c(Cl)c1. The normalized spacial score (nSPS) is 9.89. The minimum absolute atomic E-state index is 0.0349. The Bertz CT molecular complexity index is 663. The van der Waals surface area contributed by atoms with Crippen LogP contribution in [0.5, 0.6) is 0 Å². The van der Waals surface area contributed by atoms with E-state index in [0.717, 1.165) is 0 Å². The van der Waals surface area contributed by atoms with Gasteiger partial charge < -0.3 is 10.4 Å². The van der Waals surface area contributed by atoms with Crippen LogP contribution < -0.4 is 5.32 Å². The molecule has 5 nitrogen and oxygen atoms in total. The Hall–Kier alpha value is -2.10. The van der Waals surface area contributed by atoms with Gasteiger partial charge in [0.25, 0.3) is 0 Å². The summed E-state index contributed by atoms with van der Waals surface area (Å²) in [5, 5.41) is 23.1. The van der Waals surface area contributed by atoms with Crippen molar-refractivity contribution in [3.8, 4) is 6.07 Å². The van der Waals surface area contributed by atoms with Crippen LogP contribution in [0.1, 0.15) is 21.1 Å². The van der Waals surface area contributed by atoms with Crippen molar-refractivity contribution in [1.82, 2.24) is 4.98 Å². The standard InChI is InChI=1S/C12H8ClN3O2S/c13-8-3-7(4-14)1-2-9(8)15-5-11-16-10(6-19-11)12(17)18/h1-3,6,15H,5H2,(H,17,18). The fraction of sp³-hybridized carbons (Fsp3) is 0.0833. The molecule has 2 aromatic rings. The molecule has 1 aromatic heterocycles. The lowest BCUT2D eigenvalue weighted by atomic mass is 10.2. The van der Waals surface area contributed by atoms with Crippen LogP contribution in [-0.4, -0.2) is 16.1 Å². The second kappa shape index (κ2) is 5.69. The number of rotatable bonds is 4. The zero-order valence-corrected chi connectivity index (χ0v) is 11.1. The highest BCUT2D eigenvalue weighted by molar-refractivity contribution is 7.09. The van der Waals surface area contributed by atoms with Gasteiger partial charge in [-0.3, -0.25) is 0 Å². The fourth-order valence-electron chi connectivity index (χ4n) is 1.39. The average Bonchev–Trinajstić information content (AvgIpc) is 2.86. The maximum absolute atomic E-state index is 10.7. The van der Waals surface area contributed by atoms with Crippen molar-refractivity contribution in [2.45, 2.75) is 6.54 Å². The molecular weight excluding hydrogens is 286 g/mol. The first-order chi connectivity index (χ1) is 9.10. The summed E-state index contributed by atoms with van der Waals surface area (Å²) in [4.78, 5) is 14.6. The molecule has 1 aromatic carbocycles. The molecule has 0 radical (unpaired) electrons. The number of anilines is 1. The zero-order chi connectivity index (χ0) is 13.8. The number of benzene rings is 1. The third kappa shape index (κ3) is 3.22. The van der Waals surface area contributed by atoms with E-state index in [4.69, 9.17) is 22.0 Å². The predicted molar refractivity (Wildman–Crippen MR) is 72.6 cm³/mol. The summed E-state index contributed by atoms with van der Waals surface area (Å²) in [5.41, 5.74) is 1.19. The number of aromatic carboxylic acids is 1. The van der Waals surface area contributed by atoms with Crippen molar-refractivity contribution in [2.75, 3.05) is 5.32 Å². The number of nitriles is 1. The van der Waals surface area contributed by atoms with Gasteiger partial charge >= 0.3 is 5.97 Å². The van der Waals surface area contributed by atoms with Gasteiger partial charge in [-0.1, -0.05) is 11.6 Å². The second-order valence-corrected chi connectivity index (χ2v) is 4.94. The smallest absolute Gasteiger partial charge is 0.355 e. The number of aromatic nitrogens is 1. The van der Waals surface area contributed by atoms with E-state index in [1.165, 1.54) is 16.7 Å². The third-order valence-corrected chi connectivity index (χ3v) is 3.46. The molecule has 0 bridgehead atoms. The first-order valence-corrected chi connectivity index (χ1v) is 6.47. The number of carboxylic acid groups (broad SMARTS) is 1. The van der Waals surface area contributed by atoms with Crippen molar-refractivity contribution in [3.05, 3.63) is 44.9 Å². The predicted octanol–water partition coefficient (Wildman–Crippen LogP) is 2.98. The number of nitrogens with one attached hydrogen (secondary N) is 1. The van der Waals surface area contributed by atoms with Crippen LogP contribution in [0.15, 0.2) is 23.6 Å². The van der Waals surface area contributed by atoms with Gasteiger partial charge in [-0.25, -0.2) is 9.78 Å². The Morgan fingerprint density at radius 3 is 2.95 bits per heavy atom. The number of hydrogen-bond acceptors (Lipinski definition) is 5. The molecule has 19 heavy (non-hydrogen) atoms. The Kier molecular flexibility index (Phi) is 4.00. The van der Waals surface area contributed by atoms with Crippen molar-refractivity contribution in [3.63, 3.8) is 0 Å². The van der Waals surface area contributed by atoms with E-state index in [0.29, 0.717) is 27.8 Å². The van der Waals surface area contributed by atoms with E-state index in [2.05, 4.69) is 10.3 Å². The van der Waals surface area contributed by atoms with E-state index in [-0.39, 0.29) is 5.69 Å². The number of thiazole rings is 1. The topological polar surface area (TPSA) is 86.0 Å². The number of carbonyl (C=O) groups is 1. The van der Waals surface area contributed by atoms with Crippen LogP contribution in [0, 0.1) is 11.3 Å². The lowest BCUT2D eigenvalue weighted by Gasteiger charge is -2.06. The van der Waals surface area contributed by atoms with Gasteiger partial charge in [-0.05, 0) is 18.2 Å². The maximum Gasteiger partial charge on any atom is 0.355 e. The van der Waals surface area contributed by atoms with E-state index in [1.807, 2.05) is 6.07 Å². The van der Waals surface area contributed by atoms with E-state index < -0.39 is 5.97 Å². The summed E-state index contributed by atoms with van der Waals surface area (Å²) in [7, 11) is 0. The van der Waals surface area contributed by atoms with Crippen molar-refractivity contribution in [2.24, 2.45) is 0 Å². The van der Waals surface area contributed by atoms with Crippen LogP contribution in [0.4, 0.5) is 5.69 Å². The van der Waals surface area contributed by atoms with E-state index >= 15 is 0 Å². The van der Waals surface area contributed by atoms with Crippen LogP contribution in [0.3, 0.4) is 0 Å². The Morgan fingerprint density at radius 2 is 2.37 bits per heavy atom. The quantitative estimate of drug-likeness (QED) is 0.905. The second-order valence-electron chi connectivity index (χ2n) is 3.59. The molecule has 0 aliphatic rings. The highest BCUT2D eigenvalue weighted by Crippen LogP contribution is 2.23. The van der Waals surface area contributed by atoms with Crippen molar-refractivity contribution < 1.29 is 9.90 Å². The van der Waals surface area contributed by atoms with Crippen molar-refractivity contribution >= 4 is 34.6 Å². The maximum atomic E-state index is 10.7. The number of hydrogen-bond donors (Lipinski definition) is 2. The van der Waals surface area contributed by atoms with E-state index in [1.54, 1.807) is 18.2 Å². The van der Waals surface area contributed by atoms with Crippen LogP contribution in [0.25, 0.3) is 0 Å². The van der Waals surface area contributed by atoms with E-state index in [9.17, 15) is 4.79 Å². The molecule has 0 spiro atoms. The molecule has 2 rings (SSSR count). The number of carboxylic acids is 1. The number of nitrogens with zero attached hydrogens (tertiary/aromatic N) is 2. The lowest BCUT2D eigenvalue weighted by Crippen LogP contribution is -2.01. The van der Waals surface area contributed by atoms with Gasteiger partial charge in [0, 0.05) is 5.38 Å². The summed E-state index contributed by atoms with van der Waals surface area (Å²) in [5.74, 6) is -1.04.